The highest BCUT2D eigenvalue weighted by molar-refractivity contribution is 6.07. The van der Waals surface area contributed by atoms with Gasteiger partial charge in [0.15, 0.2) is 23.1 Å². The number of nitrogens with zero attached hydrogens (tertiary/aromatic N) is 1. The maximum Gasteiger partial charge on any atom is 0.325 e. The summed E-state index contributed by atoms with van der Waals surface area (Å²) in [6.07, 6.45) is 0. The second-order valence-corrected chi connectivity index (χ2v) is 6.49. The minimum atomic E-state index is -1.28. The first-order valence-electron chi connectivity index (χ1n) is 8.53. The Hall–Kier alpha value is -3.29. The number of hydrogen-bond donors (Lipinski definition) is 1. The molecule has 0 aliphatic carbocycles. The van der Waals surface area contributed by atoms with Crippen LogP contribution in [-0.4, -0.2) is 38.2 Å². The van der Waals surface area contributed by atoms with Crippen LogP contribution in [0.1, 0.15) is 18.1 Å². The molecule has 1 saturated heterocycles. The maximum absolute atomic E-state index is 13.9. The highest BCUT2D eigenvalue weighted by atomic mass is 19.1. The summed E-state index contributed by atoms with van der Waals surface area (Å²) in [5.74, 6) is 0.0444. The molecular weight excluding hydrogens is 367 g/mol. The van der Waals surface area contributed by atoms with Crippen molar-refractivity contribution >= 4 is 11.9 Å². The molecule has 7 nitrogen and oxygen atoms in total. The number of carbonyl (C=O) groups excluding carboxylic acids is 2. The monoisotopic (exact) mass is 388 g/mol. The van der Waals surface area contributed by atoms with E-state index in [-0.39, 0.29) is 12.3 Å². The Morgan fingerprint density at radius 3 is 2.21 bits per heavy atom. The first-order valence-corrected chi connectivity index (χ1v) is 8.53. The fraction of sp³-hybridized carbons (Fsp3) is 0.300. The van der Waals surface area contributed by atoms with Gasteiger partial charge < -0.3 is 19.5 Å². The zero-order valence-electron chi connectivity index (χ0n) is 16.0. The number of hydrogen-bond acceptors (Lipinski definition) is 5. The summed E-state index contributed by atoms with van der Waals surface area (Å²) in [7, 11) is 4.37. The smallest absolute Gasteiger partial charge is 0.325 e. The Kier molecular flexibility index (Phi) is 5.13. The van der Waals surface area contributed by atoms with Crippen molar-refractivity contribution in [3.05, 3.63) is 53.3 Å². The molecule has 28 heavy (non-hydrogen) atoms. The van der Waals surface area contributed by atoms with Crippen LogP contribution in [0.3, 0.4) is 0 Å². The molecule has 1 aliphatic rings. The fourth-order valence-electron chi connectivity index (χ4n) is 3.17. The van der Waals surface area contributed by atoms with Gasteiger partial charge in [0.05, 0.1) is 27.9 Å². The van der Waals surface area contributed by atoms with Crippen molar-refractivity contribution in [3.63, 3.8) is 0 Å². The highest BCUT2D eigenvalue weighted by Gasteiger charge is 2.49. The molecule has 1 aliphatic heterocycles. The summed E-state index contributed by atoms with van der Waals surface area (Å²) < 4.78 is 29.3. The molecule has 148 valence electrons. The maximum atomic E-state index is 13.9. The van der Waals surface area contributed by atoms with E-state index in [4.69, 9.17) is 14.2 Å². The van der Waals surface area contributed by atoms with Gasteiger partial charge in [-0.15, -0.1) is 0 Å². The van der Waals surface area contributed by atoms with Crippen molar-refractivity contribution in [3.8, 4) is 17.2 Å². The molecule has 0 bridgehead atoms. The Labute approximate surface area is 162 Å². The summed E-state index contributed by atoms with van der Waals surface area (Å²) in [6.45, 7) is 1.55. The molecule has 1 N–H and O–H groups in total. The molecule has 2 aromatic carbocycles. The van der Waals surface area contributed by atoms with Gasteiger partial charge >= 0.3 is 6.03 Å². The number of halogens is 1. The summed E-state index contributed by atoms with van der Waals surface area (Å²) in [5.41, 5.74) is -0.257. The van der Waals surface area contributed by atoms with Gasteiger partial charge in [0.25, 0.3) is 5.91 Å². The van der Waals surface area contributed by atoms with E-state index in [0.29, 0.717) is 22.6 Å². The fourth-order valence-corrected chi connectivity index (χ4v) is 3.17. The molecular formula is C20H21FN2O5. The Morgan fingerprint density at radius 1 is 0.964 bits per heavy atom. The molecule has 2 aromatic rings. The average Bonchev–Trinajstić information content (AvgIpc) is 2.91. The number of ether oxygens (including phenoxy) is 3. The molecule has 3 rings (SSSR count). The van der Waals surface area contributed by atoms with Gasteiger partial charge in [-0.1, -0.05) is 12.1 Å². The lowest BCUT2D eigenvalue weighted by Crippen LogP contribution is -2.40. The molecule has 0 saturated carbocycles. The molecule has 3 amide bonds. The van der Waals surface area contributed by atoms with E-state index in [0.717, 1.165) is 4.90 Å². The Morgan fingerprint density at radius 2 is 1.61 bits per heavy atom. The summed E-state index contributed by atoms with van der Waals surface area (Å²) >= 11 is 0. The van der Waals surface area contributed by atoms with Gasteiger partial charge in [-0.25, -0.2) is 9.18 Å². The quantitative estimate of drug-likeness (QED) is 0.770. The number of benzene rings is 2. The minimum Gasteiger partial charge on any atom is -0.494 e. The van der Waals surface area contributed by atoms with Gasteiger partial charge in [-0.3, -0.25) is 9.69 Å². The van der Waals surface area contributed by atoms with E-state index in [2.05, 4.69) is 5.32 Å². The normalized spacial score (nSPS) is 18.8. The number of imide groups is 1. The highest BCUT2D eigenvalue weighted by Crippen LogP contribution is 2.35. The van der Waals surface area contributed by atoms with E-state index < -0.39 is 23.3 Å². The van der Waals surface area contributed by atoms with Crippen LogP contribution in [0.4, 0.5) is 9.18 Å². The minimum absolute atomic E-state index is 0.0611. The van der Waals surface area contributed by atoms with Crippen molar-refractivity contribution in [2.45, 2.75) is 19.0 Å². The largest absolute Gasteiger partial charge is 0.494 e. The van der Waals surface area contributed by atoms with E-state index >= 15 is 0 Å². The summed E-state index contributed by atoms with van der Waals surface area (Å²) in [4.78, 5) is 26.6. The first kappa shape index (κ1) is 19.5. The van der Waals surface area contributed by atoms with Crippen LogP contribution in [0.2, 0.25) is 0 Å². The second-order valence-electron chi connectivity index (χ2n) is 6.49. The van der Waals surface area contributed by atoms with Crippen molar-refractivity contribution in [1.29, 1.82) is 0 Å². The molecule has 1 heterocycles. The van der Waals surface area contributed by atoms with E-state index in [1.165, 1.54) is 33.5 Å². The third kappa shape index (κ3) is 3.21. The van der Waals surface area contributed by atoms with Gasteiger partial charge in [0, 0.05) is 0 Å². The second kappa shape index (κ2) is 7.38. The zero-order chi connectivity index (χ0) is 20.5. The number of carbonyl (C=O) groups is 2. The first-order chi connectivity index (χ1) is 13.3. The van der Waals surface area contributed by atoms with Crippen molar-refractivity contribution in [2.75, 3.05) is 21.3 Å². The van der Waals surface area contributed by atoms with Crippen LogP contribution in [0.5, 0.6) is 17.2 Å². The average molecular weight is 388 g/mol. The Balaban J connectivity index is 1.89. The summed E-state index contributed by atoms with van der Waals surface area (Å²) in [5, 5.41) is 2.72. The number of nitrogens with one attached hydrogen (secondary N) is 1. The van der Waals surface area contributed by atoms with Gasteiger partial charge in [-0.05, 0) is 42.3 Å². The third-order valence-electron chi connectivity index (χ3n) is 4.79. The Bertz CT molecular complexity index is 933. The van der Waals surface area contributed by atoms with E-state index in [9.17, 15) is 14.0 Å². The third-order valence-corrected chi connectivity index (χ3v) is 4.79. The standard InChI is InChI=1S/C20H21FN2O5/c1-20(13-6-8-16(27-3)17(10-13)28-4)18(24)23(19(25)22-20)11-12-5-7-15(26-2)14(21)9-12/h5-10H,11H2,1-4H3,(H,22,25)/t20-/m1/s1. The van der Waals surface area contributed by atoms with E-state index in [1.54, 1.807) is 31.2 Å². The van der Waals surface area contributed by atoms with Gasteiger partial charge in [-0.2, -0.15) is 0 Å². The lowest BCUT2D eigenvalue weighted by molar-refractivity contribution is -0.131. The van der Waals surface area contributed by atoms with Gasteiger partial charge in [0.1, 0.15) is 5.54 Å². The van der Waals surface area contributed by atoms with Crippen LogP contribution >= 0.6 is 0 Å². The number of amides is 3. The van der Waals surface area contributed by atoms with Crippen molar-refractivity contribution < 1.29 is 28.2 Å². The lowest BCUT2D eigenvalue weighted by Gasteiger charge is -2.23. The lowest BCUT2D eigenvalue weighted by atomic mass is 9.91. The van der Waals surface area contributed by atoms with Crippen LogP contribution < -0.4 is 19.5 Å². The molecule has 8 heteroatoms. The van der Waals surface area contributed by atoms with E-state index in [1.807, 2.05) is 0 Å². The zero-order valence-corrected chi connectivity index (χ0v) is 16.0. The topological polar surface area (TPSA) is 77.1 Å². The predicted octanol–water partition coefficient (Wildman–Crippen LogP) is 2.82. The molecule has 0 spiro atoms. The van der Waals surface area contributed by atoms with Crippen molar-refractivity contribution in [2.24, 2.45) is 0 Å². The summed E-state index contributed by atoms with van der Waals surface area (Å²) in [6, 6.07) is 8.75. The van der Waals surface area contributed by atoms with Crippen LogP contribution in [0.25, 0.3) is 0 Å². The molecule has 0 unspecified atom stereocenters. The number of methoxy groups -OCH3 is 3. The number of urea groups is 1. The number of rotatable bonds is 6. The van der Waals surface area contributed by atoms with Crippen LogP contribution in [0.15, 0.2) is 36.4 Å². The molecule has 1 atom stereocenters. The van der Waals surface area contributed by atoms with Gasteiger partial charge in [0.2, 0.25) is 0 Å². The van der Waals surface area contributed by atoms with Crippen LogP contribution in [-0.2, 0) is 16.9 Å². The SMILES string of the molecule is COc1ccc(CN2C(=O)N[C@](C)(c3ccc(OC)c(OC)c3)C2=O)cc1F. The van der Waals surface area contributed by atoms with Crippen molar-refractivity contribution in [1.82, 2.24) is 10.2 Å². The molecule has 0 radical (unpaired) electrons. The van der Waals surface area contributed by atoms with Crippen LogP contribution in [0, 0.1) is 5.82 Å². The predicted molar refractivity (Wildman–Crippen MR) is 98.9 cm³/mol. The molecule has 0 aromatic heterocycles. The molecule has 1 fully saturated rings.